The highest BCUT2D eigenvalue weighted by Crippen LogP contribution is 2.31. The van der Waals surface area contributed by atoms with E-state index in [1.165, 1.54) is 0 Å². The van der Waals surface area contributed by atoms with E-state index in [1.54, 1.807) is 29.2 Å². The van der Waals surface area contributed by atoms with Crippen LogP contribution in [0.3, 0.4) is 0 Å². The van der Waals surface area contributed by atoms with Crippen molar-refractivity contribution in [2.45, 2.75) is 13.0 Å². The fourth-order valence-corrected chi connectivity index (χ4v) is 2.80. The molecule has 3 rings (SSSR count). The maximum atomic E-state index is 12.8. The lowest BCUT2D eigenvalue weighted by atomic mass is 10.1. The summed E-state index contributed by atoms with van der Waals surface area (Å²) >= 11 is 0. The van der Waals surface area contributed by atoms with Crippen LogP contribution in [-0.2, 0) is 4.79 Å². The van der Waals surface area contributed by atoms with E-state index in [0.717, 1.165) is 0 Å². The van der Waals surface area contributed by atoms with Crippen molar-refractivity contribution in [3.05, 3.63) is 54.1 Å². The van der Waals surface area contributed by atoms with E-state index in [4.69, 9.17) is 19.3 Å². The molecule has 2 aromatic carbocycles. The zero-order valence-corrected chi connectivity index (χ0v) is 15.0. The van der Waals surface area contributed by atoms with E-state index in [-0.39, 0.29) is 12.0 Å². The standard InChI is InChI=1S/C20H21NO6/c1-2-21(11-16-12-26-17-8-3-4-9-18(17)27-16)20(24)14-6-5-7-15(10-14)25-13-19(22)23/h3-10,16H,2,11-13H2,1H3,(H,22,23). The van der Waals surface area contributed by atoms with Gasteiger partial charge in [0.05, 0.1) is 6.54 Å². The fraction of sp³-hybridized carbons (Fsp3) is 0.300. The summed E-state index contributed by atoms with van der Waals surface area (Å²) in [4.78, 5) is 25.1. The van der Waals surface area contributed by atoms with Crippen LogP contribution >= 0.6 is 0 Å². The number of benzene rings is 2. The Bertz CT molecular complexity index is 822. The van der Waals surface area contributed by atoms with Gasteiger partial charge in [0.1, 0.15) is 12.4 Å². The van der Waals surface area contributed by atoms with Gasteiger partial charge in [-0.2, -0.15) is 0 Å². The molecule has 1 N–H and O–H groups in total. The summed E-state index contributed by atoms with van der Waals surface area (Å²) in [6.45, 7) is 2.68. The normalized spacial score (nSPS) is 15.1. The van der Waals surface area contributed by atoms with E-state index >= 15 is 0 Å². The number of likely N-dealkylation sites (N-methyl/N-ethyl adjacent to an activating group) is 1. The summed E-state index contributed by atoms with van der Waals surface area (Å²) in [6, 6.07) is 13.9. The molecule has 0 spiro atoms. The fourth-order valence-electron chi connectivity index (χ4n) is 2.80. The molecule has 0 radical (unpaired) electrons. The molecule has 0 aromatic heterocycles. The quantitative estimate of drug-likeness (QED) is 0.805. The molecule has 0 fully saturated rings. The molecule has 7 heteroatoms. The third-order valence-corrected chi connectivity index (χ3v) is 4.10. The number of carbonyl (C=O) groups excluding carboxylic acids is 1. The Balaban J connectivity index is 1.66. The second kappa shape index (κ2) is 8.44. The lowest BCUT2D eigenvalue weighted by Gasteiger charge is -2.31. The molecular weight excluding hydrogens is 350 g/mol. The predicted octanol–water partition coefficient (Wildman–Crippen LogP) is 2.45. The molecule has 1 unspecified atom stereocenters. The Labute approximate surface area is 157 Å². The third-order valence-electron chi connectivity index (χ3n) is 4.10. The van der Waals surface area contributed by atoms with Crippen LogP contribution in [0.1, 0.15) is 17.3 Å². The maximum absolute atomic E-state index is 12.8. The van der Waals surface area contributed by atoms with E-state index in [2.05, 4.69) is 0 Å². The zero-order chi connectivity index (χ0) is 19.2. The number of aliphatic carboxylic acids is 1. The number of ether oxygens (including phenoxy) is 3. The van der Waals surface area contributed by atoms with Crippen LogP contribution in [0, 0.1) is 0 Å². The largest absolute Gasteiger partial charge is 0.486 e. The van der Waals surface area contributed by atoms with Crippen molar-refractivity contribution < 1.29 is 28.9 Å². The van der Waals surface area contributed by atoms with Crippen LogP contribution in [0.15, 0.2) is 48.5 Å². The third kappa shape index (κ3) is 4.69. The minimum Gasteiger partial charge on any atom is -0.486 e. The average molecular weight is 371 g/mol. The molecule has 1 amide bonds. The van der Waals surface area contributed by atoms with Gasteiger partial charge in [-0.3, -0.25) is 4.79 Å². The summed E-state index contributed by atoms with van der Waals surface area (Å²) in [7, 11) is 0. The number of amides is 1. The highest BCUT2D eigenvalue weighted by Gasteiger charge is 2.25. The van der Waals surface area contributed by atoms with Gasteiger partial charge in [0, 0.05) is 12.1 Å². The average Bonchev–Trinajstić information content (AvgIpc) is 2.70. The van der Waals surface area contributed by atoms with Gasteiger partial charge >= 0.3 is 5.97 Å². The lowest BCUT2D eigenvalue weighted by Crippen LogP contribution is -2.43. The first kappa shape index (κ1) is 18.6. The monoisotopic (exact) mass is 371 g/mol. The molecule has 1 atom stereocenters. The van der Waals surface area contributed by atoms with Crippen molar-refractivity contribution in [3.8, 4) is 17.2 Å². The highest BCUT2D eigenvalue weighted by molar-refractivity contribution is 5.94. The number of hydrogen-bond donors (Lipinski definition) is 1. The molecule has 27 heavy (non-hydrogen) atoms. The first-order valence-corrected chi connectivity index (χ1v) is 8.69. The molecule has 0 bridgehead atoms. The van der Waals surface area contributed by atoms with Gasteiger partial charge in [-0.05, 0) is 37.3 Å². The second-order valence-corrected chi connectivity index (χ2v) is 6.05. The number of hydrogen-bond acceptors (Lipinski definition) is 5. The van der Waals surface area contributed by atoms with Gasteiger partial charge in [-0.1, -0.05) is 18.2 Å². The van der Waals surface area contributed by atoms with Crippen LogP contribution in [0.2, 0.25) is 0 Å². The van der Waals surface area contributed by atoms with E-state index in [9.17, 15) is 9.59 Å². The molecular formula is C20H21NO6. The first-order valence-electron chi connectivity index (χ1n) is 8.69. The van der Waals surface area contributed by atoms with Crippen molar-refractivity contribution in [1.29, 1.82) is 0 Å². The summed E-state index contributed by atoms with van der Waals surface area (Å²) in [5.74, 6) is 0.454. The number of fused-ring (bicyclic) bond motifs is 1. The molecule has 0 aliphatic carbocycles. The van der Waals surface area contributed by atoms with Gasteiger partial charge in [0.2, 0.25) is 0 Å². The summed E-state index contributed by atoms with van der Waals surface area (Å²) in [6.07, 6.45) is -0.268. The van der Waals surface area contributed by atoms with E-state index in [0.29, 0.717) is 42.5 Å². The number of carboxylic acid groups (broad SMARTS) is 1. The number of rotatable bonds is 7. The van der Waals surface area contributed by atoms with Crippen LogP contribution in [0.4, 0.5) is 0 Å². The SMILES string of the molecule is CCN(CC1COc2ccccc2O1)C(=O)c1cccc(OCC(=O)O)c1. The molecule has 1 aliphatic heterocycles. The number of para-hydroxylation sites is 2. The Morgan fingerprint density at radius 3 is 2.70 bits per heavy atom. The molecule has 142 valence electrons. The Morgan fingerprint density at radius 2 is 1.96 bits per heavy atom. The van der Waals surface area contributed by atoms with Crippen LogP contribution in [0.25, 0.3) is 0 Å². The van der Waals surface area contributed by atoms with Crippen molar-refractivity contribution in [2.75, 3.05) is 26.3 Å². The van der Waals surface area contributed by atoms with E-state index in [1.807, 2.05) is 31.2 Å². The molecule has 7 nitrogen and oxygen atoms in total. The number of carboxylic acids is 1. The Hall–Kier alpha value is -3.22. The Morgan fingerprint density at radius 1 is 1.19 bits per heavy atom. The van der Waals surface area contributed by atoms with Crippen molar-refractivity contribution in [2.24, 2.45) is 0 Å². The highest BCUT2D eigenvalue weighted by atomic mass is 16.6. The van der Waals surface area contributed by atoms with E-state index < -0.39 is 12.6 Å². The zero-order valence-electron chi connectivity index (χ0n) is 15.0. The van der Waals surface area contributed by atoms with Crippen LogP contribution < -0.4 is 14.2 Å². The molecule has 0 saturated heterocycles. The smallest absolute Gasteiger partial charge is 0.341 e. The maximum Gasteiger partial charge on any atom is 0.341 e. The van der Waals surface area contributed by atoms with Crippen molar-refractivity contribution >= 4 is 11.9 Å². The molecule has 1 heterocycles. The summed E-state index contributed by atoms with van der Waals surface area (Å²) in [5.41, 5.74) is 0.428. The van der Waals surface area contributed by atoms with Gasteiger partial charge in [-0.25, -0.2) is 4.79 Å². The molecule has 0 saturated carbocycles. The minimum absolute atomic E-state index is 0.180. The second-order valence-electron chi connectivity index (χ2n) is 6.05. The molecule has 2 aromatic rings. The number of nitrogens with zero attached hydrogens (tertiary/aromatic N) is 1. The van der Waals surface area contributed by atoms with Crippen molar-refractivity contribution in [3.63, 3.8) is 0 Å². The lowest BCUT2D eigenvalue weighted by molar-refractivity contribution is -0.139. The van der Waals surface area contributed by atoms with Crippen LogP contribution in [0.5, 0.6) is 17.2 Å². The van der Waals surface area contributed by atoms with Crippen LogP contribution in [-0.4, -0.2) is 54.3 Å². The van der Waals surface area contributed by atoms with Gasteiger partial charge in [0.15, 0.2) is 24.2 Å². The summed E-state index contributed by atoms with van der Waals surface area (Å²) in [5, 5.41) is 8.71. The minimum atomic E-state index is -1.07. The van der Waals surface area contributed by atoms with Gasteiger partial charge < -0.3 is 24.2 Å². The van der Waals surface area contributed by atoms with Gasteiger partial charge in [-0.15, -0.1) is 0 Å². The Kier molecular flexibility index (Phi) is 5.80. The topological polar surface area (TPSA) is 85.3 Å². The first-order chi connectivity index (χ1) is 13.1. The van der Waals surface area contributed by atoms with Gasteiger partial charge in [0.25, 0.3) is 5.91 Å². The number of carbonyl (C=O) groups is 2. The predicted molar refractivity (Wildman–Crippen MR) is 97.5 cm³/mol. The summed E-state index contributed by atoms with van der Waals surface area (Å²) < 4.78 is 16.8. The molecule has 1 aliphatic rings. The van der Waals surface area contributed by atoms with Crippen molar-refractivity contribution in [1.82, 2.24) is 4.90 Å².